The number of amides is 6. The van der Waals surface area contributed by atoms with Gasteiger partial charge in [0, 0.05) is 57.7 Å². The fourth-order valence-electron chi connectivity index (χ4n) is 6.99. The lowest BCUT2D eigenvalue weighted by Crippen LogP contribution is -2.59. The number of piperidine rings is 2. The number of carbonyl (C=O) groups excluding carboxylic acids is 6. The molecule has 12 heteroatoms. The molecule has 0 aliphatic carbocycles. The van der Waals surface area contributed by atoms with Gasteiger partial charge in [-0.05, 0) is 56.2 Å². The molecule has 0 spiro atoms. The summed E-state index contributed by atoms with van der Waals surface area (Å²) in [6.45, 7) is 10.7. The van der Waals surface area contributed by atoms with Gasteiger partial charge in [-0.1, -0.05) is 27.7 Å². The Kier molecular flexibility index (Phi) is 9.26. The van der Waals surface area contributed by atoms with Crippen molar-refractivity contribution in [3.8, 4) is 0 Å². The SMILES string of the molecule is CC.CC(C)COC(=O)N1CC2CCC(C1)N2C(=O)C1CCN(c2ccc3c(c2)C(=O)N(C2CCC(=O)NC2=O)C3=O)CC1.[HH]. The van der Waals surface area contributed by atoms with Gasteiger partial charge in [-0.15, -0.1) is 0 Å². The van der Waals surface area contributed by atoms with E-state index in [1.807, 2.05) is 32.6 Å². The van der Waals surface area contributed by atoms with E-state index < -0.39 is 29.7 Å². The van der Waals surface area contributed by atoms with Crippen molar-refractivity contribution in [2.45, 2.75) is 84.3 Å². The highest BCUT2D eigenvalue weighted by Gasteiger charge is 2.47. The fourth-order valence-corrected chi connectivity index (χ4v) is 6.99. The molecular weight excluding hydrogens is 566 g/mol. The summed E-state index contributed by atoms with van der Waals surface area (Å²) in [5, 5.41) is 2.21. The first-order chi connectivity index (χ1) is 21.1. The lowest BCUT2D eigenvalue weighted by molar-refractivity contribution is -0.142. The van der Waals surface area contributed by atoms with Gasteiger partial charge in [0.1, 0.15) is 6.04 Å². The van der Waals surface area contributed by atoms with Crippen molar-refractivity contribution in [3.05, 3.63) is 29.3 Å². The average Bonchev–Trinajstić information content (AvgIpc) is 3.43. The number of fused-ring (bicyclic) bond motifs is 3. The topological polar surface area (TPSA) is 137 Å². The van der Waals surface area contributed by atoms with Crippen LogP contribution in [0.15, 0.2) is 18.2 Å². The van der Waals surface area contributed by atoms with Crippen LogP contribution in [0.3, 0.4) is 0 Å². The van der Waals surface area contributed by atoms with E-state index in [0.717, 1.165) is 23.4 Å². The summed E-state index contributed by atoms with van der Waals surface area (Å²) in [4.78, 5) is 83.2. The number of ether oxygens (including phenoxy) is 1. The summed E-state index contributed by atoms with van der Waals surface area (Å²) in [5.41, 5.74) is 1.29. The molecule has 4 saturated heterocycles. The molecule has 4 fully saturated rings. The average molecular weight is 612 g/mol. The molecule has 2 bridgehead atoms. The molecule has 3 unspecified atom stereocenters. The third-order valence-corrected chi connectivity index (χ3v) is 9.17. The van der Waals surface area contributed by atoms with Crippen LogP contribution in [0.4, 0.5) is 10.5 Å². The Labute approximate surface area is 259 Å². The molecule has 6 rings (SSSR count). The summed E-state index contributed by atoms with van der Waals surface area (Å²) >= 11 is 0. The minimum Gasteiger partial charge on any atom is -0.449 e. The van der Waals surface area contributed by atoms with Crippen LogP contribution in [-0.4, -0.2) is 101 Å². The Morgan fingerprint density at radius 2 is 1.57 bits per heavy atom. The first-order valence-corrected chi connectivity index (χ1v) is 16.0. The van der Waals surface area contributed by atoms with Crippen molar-refractivity contribution in [2.24, 2.45) is 11.8 Å². The highest BCUT2D eigenvalue weighted by molar-refractivity contribution is 6.23. The maximum absolute atomic E-state index is 13.6. The smallest absolute Gasteiger partial charge is 0.409 e. The van der Waals surface area contributed by atoms with Crippen LogP contribution in [-0.2, 0) is 19.1 Å². The number of nitrogens with zero attached hydrogens (tertiary/aromatic N) is 4. The quantitative estimate of drug-likeness (QED) is 0.502. The van der Waals surface area contributed by atoms with Crippen LogP contribution in [0, 0.1) is 11.8 Å². The van der Waals surface area contributed by atoms with E-state index in [0.29, 0.717) is 45.6 Å². The highest BCUT2D eigenvalue weighted by atomic mass is 16.6. The summed E-state index contributed by atoms with van der Waals surface area (Å²) in [6, 6.07) is 4.17. The molecule has 3 atom stereocenters. The normalized spacial score (nSPS) is 25.2. The largest absolute Gasteiger partial charge is 0.449 e. The highest BCUT2D eigenvalue weighted by Crippen LogP contribution is 2.36. The van der Waals surface area contributed by atoms with Crippen LogP contribution in [0.25, 0.3) is 0 Å². The van der Waals surface area contributed by atoms with E-state index in [4.69, 9.17) is 4.74 Å². The second kappa shape index (κ2) is 13.0. The monoisotopic (exact) mass is 611 g/mol. The van der Waals surface area contributed by atoms with Crippen molar-refractivity contribution in [1.82, 2.24) is 20.0 Å². The molecule has 5 aliphatic rings. The minimum absolute atomic E-state index is 0. The van der Waals surface area contributed by atoms with Crippen molar-refractivity contribution < 1.29 is 34.9 Å². The van der Waals surface area contributed by atoms with Crippen LogP contribution in [0.2, 0.25) is 0 Å². The van der Waals surface area contributed by atoms with E-state index >= 15 is 0 Å². The number of anilines is 1. The molecule has 44 heavy (non-hydrogen) atoms. The summed E-state index contributed by atoms with van der Waals surface area (Å²) in [7, 11) is 0. The van der Waals surface area contributed by atoms with Gasteiger partial charge in [-0.2, -0.15) is 0 Å². The maximum Gasteiger partial charge on any atom is 0.409 e. The van der Waals surface area contributed by atoms with Crippen LogP contribution in [0.5, 0.6) is 0 Å². The lowest BCUT2D eigenvalue weighted by Gasteiger charge is -2.43. The predicted octanol–water partition coefficient (Wildman–Crippen LogP) is 3.04. The standard InChI is InChI=1S/C30H37N5O7.C2H6.H2/c1-17(2)16-42-30(41)33-14-20-3-4-21(15-33)34(20)27(38)18-9-11-32(12-10-18)19-5-6-22-23(13-19)29(40)35(28(22)39)24-7-8-25(36)31-26(24)37;1-2;/h5-6,13,17-18,20-21,24H,3-4,7-12,14-16H2,1-2H3,(H,31,36,37);1-2H3;1H. The zero-order valence-electron chi connectivity index (χ0n) is 26.0. The number of piperazine rings is 1. The number of imide groups is 2. The second-order valence-electron chi connectivity index (χ2n) is 12.4. The zero-order chi connectivity index (χ0) is 31.7. The van der Waals surface area contributed by atoms with E-state index in [-0.39, 0.29) is 61.3 Å². The van der Waals surface area contributed by atoms with Gasteiger partial charge in [-0.25, -0.2) is 4.79 Å². The number of rotatable bonds is 5. The van der Waals surface area contributed by atoms with Crippen LogP contribution < -0.4 is 10.2 Å². The van der Waals surface area contributed by atoms with Gasteiger partial charge >= 0.3 is 6.09 Å². The molecule has 240 valence electrons. The maximum atomic E-state index is 13.6. The molecule has 5 heterocycles. The van der Waals surface area contributed by atoms with Crippen LogP contribution >= 0.6 is 0 Å². The molecule has 0 saturated carbocycles. The van der Waals surface area contributed by atoms with Gasteiger partial charge in [0.05, 0.1) is 17.7 Å². The zero-order valence-corrected chi connectivity index (χ0v) is 26.0. The number of hydrogen-bond acceptors (Lipinski definition) is 8. The van der Waals surface area contributed by atoms with Gasteiger partial charge in [0.15, 0.2) is 0 Å². The van der Waals surface area contributed by atoms with Gasteiger partial charge < -0.3 is 19.4 Å². The molecule has 1 aromatic rings. The third kappa shape index (κ3) is 5.90. The van der Waals surface area contributed by atoms with Crippen molar-refractivity contribution in [3.63, 3.8) is 0 Å². The second-order valence-corrected chi connectivity index (χ2v) is 12.4. The fraction of sp³-hybridized carbons (Fsp3) is 0.625. The molecule has 1 aromatic carbocycles. The Balaban J connectivity index is 0.00000151. The Hall–Kier alpha value is -3.96. The number of hydrogen-bond donors (Lipinski definition) is 1. The molecular formula is C32H45N5O7. The lowest BCUT2D eigenvalue weighted by atomic mass is 9.93. The molecule has 12 nitrogen and oxygen atoms in total. The Bertz CT molecular complexity index is 1330. The molecule has 0 radical (unpaired) electrons. The number of carbonyl (C=O) groups is 6. The van der Waals surface area contributed by atoms with E-state index in [1.165, 1.54) is 0 Å². The van der Waals surface area contributed by atoms with Gasteiger partial charge in [0.25, 0.3) is 11.8 Å². The Morgan fingerprint density at radius 3 is 2.18 bits per heavy atom. The summed E-state index contributed by atoms with van der Waals surface area (Å²) in [5.74, 6) is -1.77. The Morgan fingerprint density at radius 1 is 0.932 bits per heavy atom. The van der Waals surface area contributed by atoms with Gasteiger partial charge in [-0.3, -0.25) is 34.2 Å². The summed E-state index contributed by atoms with van der Waals surface area (Å²) in [6.07, 6.45) is 3.01. The third-order valence-electron chi connectivity index (χ3n) is 9.17. The minimum atomic E-state index is -0.997. The molecule has 6 amide bonds. The number of likely N-dealkylation sites (tertiary alicyclic amines) is 1. The number of benzene rings is 1. The van der Waals surface area contributed by atoms with Crippen molar-refractivity contribution in [1.29, 1.82) is 0 Å². The number of nitrogens with one attached hydrogen (secondary N) is 1. The van der Waals surface area contributed by atoms with E-state index in [2.05, 4.69) is 10.2 Å². The van der Waals surface area contributed by atoms with Gasteiger partial charge in [0.2, 0.25) is 17.7 Å². The molecule has 0 aromatic heterocycles. The predicted molar refractivity (Wildman–Crippen MR) is 163 cm³/mol. The van der Waals surface area contributed by atoms with Crippen molar-refractivity contribution in [2.75, 3.05) is 37.7 Å². The first kappa shape index (κ1) is 31.5. The van der Waals surface area contributed by atoms with Crippen molar-refractivity contribution >= 4 is 41.3 Å². The van der Waals surface area contributed by atoms with E-state index in [9.17, 15) is 28.8 Å². The molecule has 5 aliphatic heterocycles. The summed E-state index contributed by atoms with van der Waals surface area (Å²) < 4.78 is 5.42. The van der Waals surface area contributed by atoms with E-state index in [1.54, 1.807) is 23.1 Å². The first-order valence-electron chi connectivity index (χ1n) is 16.0. The molecule has 1 N–H and O–H groups in total. The van der Waals surface area contributed by atoms with Crippen LogP contribution in [0.1, 0.15) is 88.4 Å².